The number of amides is 1. The zero-order chi connectivity index (χ0) is 13.0. The zero-order valence-corrected chi connectivity index (χ0v) is 10.8. The quantitative estimate of drug-likeness (QED) is 0.830. The van der Waals surface area contributed by atoms with Crippen LogP contribution < -0.4 is 5.32 Å². The Bertz CT molecular complexity index is 408. The minimum atomic E-state index is -0.262. The minimum absolute atomic E-state index is 0.0156. The summed E-state index contributed by atoms with van der Waals surface area (Å²) in [4.78, 5) is 11.7. The molecule has 1 aromatic rings. The van der Waals surface area contributed by atoms with Crippen molar-refractivity contribution in [1.82, 2.24) is 0 Å². The fraction of sp³-hybridized carbons (Fsp3) is 0.462. The van der Waals surface area contributed by atoms with Crippen molar-refractivity contribution >= 4 is 18.7 Å². The normalized spacial score (nSPS) is 17.8. The van der Waals surface area contributed by atoms with Crippen molar-refractivity contribution in [3.05, 3.63) is 30.3 Å². The lowest BCUT2D eigenvalue weighted by Gasteiger charge is -2.15. The highest BCUT2D eigenvalue weighted by Crippen LogP contribution is 2.22. The fourth-order valence-electron chi connectivity index (χ4n) is 1.85. The van der Waals surface area contributed by atoms with E-state index in [9.17, 15) is 4.79 Å². The molecule has 1 amide bonds. The van der Waals surface area contributed by atoms with Crippen molar-refractivity contribution in [3.63, 3.8) is 0 Å². The van der Waals surface area contributed by atoms with Crippen molar-refractivity contribution in [2.75, 3.05) is 11.9 Å². The summed E-state index contributed by atoms with van der Waals surface area (Å²) in [5.41, 5.74) is 0.580. The van der Waals surface area contributed by atoms with Crippen LogP contribution in [0.2, 0.25) is 6.32 Å². The molecule has 0 saturated carbocycles. The van der Waals surface area contributed by atoms with Gasteiger partial charge in [-0.15, -0.1) is 0 Å². The Balaban J connectivity index is 1.73. The standard InChI is InChI=1S/C13H18BNO3/c1-13(2)10-17-14(18-13)9-8-12(16)15-11-6-4-3-5-7-11/h3-7H,8-10H2,1-2H3,(H,15,16). The van der Waals surface area contributed by atoms with Gasteiger partial charge >= 0.3 is 7.12 Å². The van der Waals surface area contributed by atoms with E-state index in [4.69, 9.17) is 9.31 Å². The first-order chi connectivity index (χ1) is 8.55. The first kappa shape index (κ1) is 13.1. The van der Waals surface area contributed by atoms with Crippen LogP contribution in [0.4, 0.5) is 5.69 Å². The van der Waals surface area contributed by atoms with Crippen molar-refractivity contribution in [2.45, 2.75) is 32.2 Å². The van der Waals surface area contributed by atoms with Crippen LogP contribution in [0.15, 0.2) is 30.3 Å². The lowest BCUT2D eigenvalue weighted by molar-refractivity contribution is -0.116. The van der Waals surface area contributed by atoms with E-state index in [1.165, 1.54) is 0 Å². The molecule has 0 aromatic heterocycles. The summed E-state index contributed by atoms with van der Waals surface area (Å²) in [6, 6.07) is 9.42. The highest BCUT2D eigenvalue weighted by molar-refractivity contribution is 6.45. The van der Waals surface area contributed by atoms with Gasteiger partial charge < -0.3 is 14.6 Å². The SMILES string of the molecule is CC1(C)COB(CCC(=O)Nc2ccccc2)O1. The maximum Gasteiger partial charge on any atom is 0.457 e. The molecule has 1 heterocycles. The van der Waals surface area contributed by atoms with E-state index in [-0.39, 0.29) is 18.6 Å². The molecule has 18 heavy (non-hydrogen) atoms. The average Bonchev–Trinajstić information content (AvgIpc) is 2.68. The summed E-state index contributed by atoms with van der Waals surface area (Å²) >= 11 is 0. The number of carbonyl (C=O) groups is 1. The van der Waals surface area contributed by atoms with E-state index >= 15 is 0 Å². The molecular formula is C13H18BNO3. The van der Waals surface area contributed by atoms with E-state index < -0.39 is 0 Å². The predicted octanol–water partition coefficient (Wildman–Crippen LogP) is 2.33. The number of rotatable bonds is 4. The van der Waals surface area contributed by atoms with E-state index in [0.29, 0.717) is 19.3 Å². The largest absolute Gasteiger partial charge is 0.457 e. The zero-order valence-electron chi connectivity index (χ0n) is 10.8. The molecule has 1 aliphatic rings. The first-order valence-corrected chi connectivity index (χ1v) is 6.19. The molecular weight excluding hydrogens is 229 g/mol. The van der Waals surface area contributed by atoms with Crippen LogP contribution in [-0.4, -0.2) is 25.2 Å². The van der Waals surface area contributed by atoms with Gasteiger partial charge in [-0.25, -0.2) is 0 Å². The summed E-state index contributed by atoms with van der Waals surface area (Å²) in [6.07, 6.45) is 0.984. The van der Waals surface area contributed by atoms with Gasteiger partial charge in [0, 0.05) is 12.1 Å². The molecule has 1 N–H and O–H groups in total. The molecule has 0 unspecified atom stereocenters. The minimum Gasteiger partial charge on any atom is -0.408 e. The van der Waals surface area contributed by atoms with Crippen molar-refractivity contribution < 1.29 is 14.1 Å². The van der Waals surface area contributed by atoms with Crippen LogP contribution >= 0.6 is 0 Å². The third-order valence-corrected chi connectivity index (χ3v) is 2.73. The Labute approximate surface area is 108 Å². The van der Waals surface area contributed by atoms with E-state index in [1.54, 1.807) is 0 Å². The second-order valence-electron chi connectivity index (χ2n) is 5.07. The number of anilines is 1. The summed E-state index contributed by atoms with van der Waals surface area (Å²) in [7, 11) is -0.262. The number of hydrogen-bond acceptors (Lipinski definition) is 3. The van der Waals surface area contributed by atoms with Gasteiger partial charge in [0.15, 0.2) is 0 Å². The van der Waals surface area contributed by atoms with E-state index in [0.717, 1.165) is 5.69 Å². The third-order valence-electron chi connectivity index (χ3n) is 2.73. The predicted molar refractivity (Wildman–Crippen MR) is 71.4 cm³/mol. The van der Waals surface area contributed by atoms with Crippen LogP contribution in [0, 0.1) is 0 Å². The Morgan fingerprint density at radius 2 is 2.11 bits per heavy atom. The number of nitrogens with one attached hydrogen (secondary N) is 1. The van der Waals surface area contributed by atoms with Gasteiger partial charge in [0.1, 0.15) is 0 Å². The van der Waals surface area contributed by atoms with E-state index in [2.05, 4.69) is 5.32 Å². The number of hydrogen-bond donors (Lipinski definition) is 1. The Morgan fingerprint density at radius 1 is 1.39 bits per heavy atom. The maximum atomic E-state index is 11.7. The second-order valence-corrected chi connectivity index (χ2v) is 5.07. The molecule has 1 aromatic carbocycles. The summed E-state index contributed by atoms with van der Waals surface area (Å²) in [6.45, 7) is 4.55. The summed E-state index contributed by atoms with van der Waals surface area (Å²) < 4.78 is 11.1. The molecule has 1 saturated heterocycles. The third kappa shape index (κ3) is 3.86. The van der Waals surface area contributed by atoms with E-state index in [1.807, 2.05) is 44.2 Å². The molecule has 1 fully saturated rings. The molecule has 4 nitrogen and oxygen atoms in total. The average molecular weight is 247 g/mol. The van der Waals surface area contributed by atoms with Gasteiger partial charge in [-0.3, -0.25) is 4.79 Å². The highest BCUT2D eigenvalue weighted by Gasteiger charge is 2.36. The number of para-hydroxylation sites is 1. The van der Waals surface area contributed by atoms with Crippen molar-refractivity contribution in [3.8, 4) is 0 Å². The molecule has 0 bridgehead atoms. The highest BCUT2D eigenvalue weighted by atomic mass is 16.7. The van der Waals surface area contributed by atoms with Gasteiger partial charge in [0.05, 0.1) is 12.2 Å². The fourth-order valence-corrected chi connectivity index (χ4v) is 1.85. The Hall–Kier alpha value is -1.33. The topological polar surface area (TPSA) is 47.6 Å². The van der Waals surface area contributed by atoms with Crippen molar-refractivity contribution in [1.29, 1.82) is 0 Å². The lowest BCUT2D eigenvalue weighted by atomic mass is 9.83. The first-order valence-electron chi connectivity index (χ1n) is 6.19. The Kier molecular flexibility index (Phi) is 4.04. The van der Waals surface area contributed by atoms with Gasteiger partial charge in [-0.1, -0.05) is 18.2 Å². The van der Waals surface area contributed by atoms with Crippen LogP contribution in [-0.2, 0) is 14.1 Å². The maximum absolute atomic E-state index is 11.7. The molecule has 1 aliphatic heterocycles. The van der Waals surface area contributed by atoms with Gasteiger partial charge in [0.2, 0.25) is 5.91 Å². The smallest absolute Gasteiger partial charge is 0.408 e. The molecule has 0 spiro atoms. The molecule has 5 heteroatoms. The molecule has 0 aliphatic carbocycles. The number of benzene rings is 1. The van der Waals surface area contributed by atoms with Gasteiger partial charge in [0.25, 0.3) is 0 Å². The molecule has 0 atom stereocenters. The van der Waals surface area contributed by atoms with Crippen LogP contribution in [0.25, 0.3) is 0 Å². The monoisotopic (exact) mass is 247 g/mol. The summed E-state index contributed by atoms with van der Waals surface area (Å²) in [5.74, 6) is -0.0156. The Morgan fingerprint density at radius 3 is 2.72 bits per heavy atom. The van der Waals surface area contributed by atoms with Crippen LogP contribution in [0.3, 0.4) is 0 Å². The molecule has 96 valence electrons. The van der Waals surface area contributed by atoms with Crippen molar-refractivity contribution in [2.24, 2.45) is 0 Å². The van der Waals surface area contributed by atoms with Crippen LogP contribution in [0.5, 0.6) is 0 Å². The second kappa shape index (κ2) is 5.54. The van der Waals surface area contributed by atoms with Gasteiger partial charge in [-0.05, 0) is 32.3 Å². The van der Waals surface area contributed by atoms with Crippen LogP contribution in [0.1, 0.15) is 20.3 Å². The summed E-state index contributed by atoms with van der Waals surface area (Å²) in [5, 5.41) is 2.84. The molecule has 0 radical (unpaired) electrons. The molecule has 2 rings (SSSR count). The number of carbonyl (C=O) groups excluding carboxylic acids is 1. The van der Waals surface area contributed by atoms with Gasteiger partial charge in [-0.2, -0.15) is 0 Å². The lowest BCUT2D eigenvalue weighted by Crippen LogP contribution is -2.25.